The summed E-state index contributed by atoms with van der Waals surface area (Å²) in [6, 6.07) is 0.200. The molecule has 8 nitrogen and oxygen atoms in total. The van der Waals surface area contributed by atoms with Crippen molar-refractivity contribution in [3.8, 4) is 11.3 Å². The Morgan fingerprint density at radius 1 is 1.08 bits per heavy atom. The fourth-order valence-corrected chi connectivity index (χ4v) is 2.94. The van der Waals surface area contributed by atoms with Gasteiger partial charge in [-0.1, -0.05) is 0 Å². The molecule has 1 amide bonds. The molecule has 1 fully saturated rings. The molecule has 0 aromatic carbocycles. The molecule has 0 unspecified atom stereocenters. The summed E-state index contributed by atoms with van der Waals surface area (Å²) in [5, 5.41) is 6.29. The summed E-state index contributed by atoms with van der Waals surface area (Å²) < 4.78 is 0. The van der Waals surface area contributed by atoms with Crippen molar-refractivity contribution in [1.82, 2.24) is 30.6 Å². The molecule has 1 saturated heterocycles. The Morgan fingerprint density at radius 2 is 1.77 bits per heavy atom. The van der Waals surface area contributed by atoms with Crippen LogP contribution in [0.1, 0.15) is 37.2 Å². The third-order valence-corrected chi connectivity index (χ3v) is 4.54. The minimum Gasteiger partial charge on any atom is -0.348 e. The Hall–Kier alpha value is -2.61. The van der Waals surface area contributed by atoms with Crippen molar-refractivity contribution < 1.29 is 4.79 Å². The maximum Gasteiger partial charge on any atom is 0.271 e. The van der Waals surface area contributed by atoms with Gasteiger partial charge in [-0.3, -0.25) is 9.78 Å². The van der Waals surface area contributed by atoms with Gasteiger partial charge >= 0.3 is 0 Å². The van der Waals surface area contributed by atoms with E-state index in [1.165, 1.54) is 6.20 Å². The molecule has 2 aromatic heterocycles. The molecule has 2 aromatic rings. The molecule has 138 valence electrons. The van der Waals surface area contributed by atoms with Crippen LogP contribution in [0.4, 0.5) is 5.95 Å². The van der Waals surface area contributed by atoms with Gasteiger partial charge in [0.2, 0.25) is 5.95 Å². The average molecular weight is 355 g/mol. The van der Waals surface area contributed by atoms with Gasteiger partial charge in [0.1, 0.15) is 5.69 Å². The maximum atomic E-state index is 12.3. The van der Waals surface area contributed by atoms with Crippen LogP contribution in [0.5, 0.6) is 0 Å². The third-order valence-electron chi connectivity index (χ3n) is 4.54. The Morgan fingerprint density at radius 3 is 2.35 bits per heavy atom. The lowest BCUT2D eigenvalue weighted by Gasteiger charge is -2.23. The van der Waals surface area contributed by atoms with E-state index < -0.39 is 0 Å². The van der Waals surface area contributed by atoms with Gasteiger partial charge < -0.3 is 15.5 Å². The lowest BCUT2D eigenvalue weighted by atomic mass is 10.1. The van der Waals surface area contributed by atoms with E-state index in [9.17, 15) is 4.79 Å². The predicted octanol–water partition coefficient (Wildman–Crippen LogP) is 1.26. The minimum absolute atomic E-state index is 0.177. The Bertz CT molecular complexity index is 707. The highest BCUT2D eigenvalue weighted by atomic mass is 16.1. The number of carbonyl (C=O) groups excluding carboxylic acids is 1. The van der Waals surface area contributed by atoms with Crippen molar-refractivity contribution in [3.05, 3.63) is 30.5 Å². The van der Waals surface area contributed by atoms with E-state index in [1.807, 2.05) is 0 Å². The van der Waals surface area contributed by atoms with E-state index in [2.05, 4.69) is 49.3 Å². The molecule has 3 heterocycles. The molecule has 0 atom stereocenters. The molecule has 26 heavy (non-hydrogen) atoms. The van der Waals surface area contributed by atoms with Crippen molar-refractivity contribution in [3.63, 3.8) is 0 Å². The first-order valence-electron chi connectivity index (χ1n) is 9.12. The molecule has 0 aliphatic carbocycles. The first-order valence-corrected chi connectivity index (χ1v) is 9.12. The van der Waals surface area contributed by atoms with Crippen molar-refractivity contribution in [1.29, 1.82) is 0 Å². The summed E-state index contributed by atoms with van der Waals surface area (Å²) in [5.41, 5.74) is 1.75. The highest BCUT2D eigenvalue weighted by Crippen LogP contribution is 2.16. The fraction of sp³-hybridized carbons (Fsp3) is 0.500. The number of hydrogen-bond acceptors (Lipinski definition) is 7. The smallest absolute Gasteiger partial charge is 0.271 e. The van der Waals surface area contributed by atoms with Gasteiger partial charge in [-0.2, -0.15) is 0 Å². The van der Waals surface area contributed by atoms with E-state index in [4.69, 9.17) is 0 Å². The van der Waals surface area contributed by atoms with Crippen LogP contribution in [0, 0.1) is 0 Å². The van der Waals surface area contributed by atoms with E-state index in [1.54, 1.807) is 18.6 Å². The number of nitrogens with one attached hydrogen (secondary N) is 2. The Labute approximate surface area is 153 Å². The summed E-state index contributed by atoms with van der Waals surface area (Å²) in [6.07, 6.45) is 8.44. The Balaban J connectivity index is 1.66. The number of nitrogens with zero attached hydrogens (tertiary/aromatic N) is 5. The van der Waals surface area contributed by atoms with Crippen LogP contribution < -0.4 is 15.5 Å². The molecule has 0 saturated carbocycles. The van der Waals surface area contributed by atoms with Gasteiger partial charge in [0.25, 0.3) is 5.91 Å². The van der Waals surface area contributed by atoms with Gasteiger partial charge in [-0.25, -0.2) is 15.0 Å². The van der Waals surface area contributed by atoms with E-state index in [-0.39, 0.29) is 11.9 Å². The van der Waals surface area contributed by atoms with Crippen molar-refractivity contribution in [2.75, 3.05) is 31.1 Å². The highest BCUT2D eigenvalue weighted by molar-refractivity contribution is 5.92. The molecule has 0 spiro atoms. The lowest BCUT2D eigenvalue weighted by Crippen LogP contribution is -2.42. The minimum atomic E-state index is -0.177. The van der Waals surface area contributed by atoms with E-state index in [0.29, 0.717) is 17.3 Å². The van der Waals surface area contributed by atoms with Crippen molar-refractivity contribution in [2.24, 2.45) is 0 Å². The summed E-state index contributed by atoms with van der Waals surface area (Å²) in [6.45, 7) is 7.71. The van der Waals surface area contributed by atoms with Gasteiger partial charge in [0.05, 0.1) is 18.1 Å². The second-order valence-electron chi connectivity index (χ2n) is 6.23. The zero-order valence-electron chi connectivity index (χ0n) is 15.3. The molecular weight excluding hydrogens is 330 g/mol. The van der Waals surface area contributed by atoms with Crippen LogP contribution in [0.15, 0.2) is 24.8 Å². The number of anilines is 1. The number of hydrogen-bond donors (Lipinski definition) is 2. The topological polar surface area (TPSA) is 95.9 Å². The molecule has 0 bridgehead atoms. The summed E-state index contributed by atoms with van der Waals surface area (Å²) >= 11 is 0. The second-order valence-corrected chi connectivity index (χ2v) is 6.23. The summed E-state index contributed by atoms with van der Waals surface area (Å²) in [5.74, 6) is 0.522. The van der Waals surface area contributed by atoms with Gasteiger partial charge in [-0.05, 0) is 39.8 Å². The first kappa shape index (κ1) is 18.2. The maximum absolute atomic E-state index is 12.3. The average Bonchev–Trinajstić information content (AvgIpc) is 2.70. The highest BCUT2D eigenvalue weighted by Gasteiger charge is 2.17. The molecule has 2 N–H and O–H groups in total. The SMILES string of the molecule is CCN(CC)c1ncc(-c2cnc(C(=O)NC3CCNCC3)cn2)cn1. The molecule has 8 heteroatoms. The Kier molecular flexibility index (Phi) is 6.06. The monoisotopic (exact) mass is 355 g/mol. The summed E-state index contributed by atoms with van der Waals surface area (Å²) in [4.78, 5) is 31.7. The van der Waals surface area contributed by atoms with Crippen LogP contribution in [0.2, 0.25) is 0 Å². The normalized spacial score (nSPS) is 14.8. The predicted molar refractivity (Wildman–Crippen MR) is 100.0 cm³/mol. The second kappa shape index (κ2) is 8.66. The van der Waals surface area contributed by atoms with Crippen LogP contribution in [-0.2, 0) is 0 Å². The van der Waals surface area contributed by atoms with Crippen molar-refractivity contribution in [2.45, 2.75) is 32.7 Å². The standard InChI is InChI=1S/C18H25N7O/c1-3-25(4-2)18-22-9-13(10-23-18)15-11-21-16(12-20-15)17(26)24-14-5-7-19-8-6-14/h9-12,14,19H,3-8H2,1-2H3,(H,24,26). The van der Waals surface area contributed by atoms with Crippen molar-refractivity contribution >= 4 is 11.9 Å². The quantitative estimate of drug-likeness (QED) is 0.805. The largest absolute Gasteiger partial charge is 0.348 e. The van der Waals surface area contributed by atoms with Gasteiger partial charge in [0.15, 0.2) is 0 Å². The molecular formula is C18H25N7O. The molecule has 0 radical (unpaired) electrons. The fourth-order valence-electron chi connectivity index (χ4n) is 2.94. The third kappa shape index (κ3) is 4.32. The van der Waals surface area contributed by atoms with E-state index in [0.717, 1.165) is 44.6 Å². The van der Waals surface area contributed by atoms with Gasteiger partial charge in [0, 0.05) is 37.1 Å². The summed E-state index contributed by atoms with van der Waals surface area (Å²) in [7, 11) is 0. The van der Waals surface area contributed by atoms with Crippen LogP contribution in [-0.4, -0.2) is 58.1 Å². The molecule has 1 aliphatic heterocycles. The van der Waals surface area contributed by atoms with Crippen LogP contribution in [0.3, 0.4) is 0 Å². The van der Waals surface area contributed by atoms with E-state index >= 15 is 0 Å². The first-order chi connectivity index (χ1) is 12.7. The molecule has 1 aliphatic rings. The number of piperidine rings is 1. The lowest BCUT2D eigenvalue weighted by molar-refractivity contribution is 0.0924. The number of aromatic nitrogens is 4. The number of amides is 1. The number of rotatable bonds is 6. The molecule has 3 rings (SSSR count). The van der Waals surface area contributed by atoms with Crippen LogP contribution >= 0.6 is 0 Å². The number of carbonyl (C=O) groups is 1. The van der Waals surface area contributed by atoms with Crippen LogP contribution in [0.25, 0.3) is 11.3 Å². The van der Waals surface area contributed by atoms with Gasteiger partial charge in [-0.15, -0.1) is 0 Å². The zero-order chi connectivity index (χ0) is 18.4. The zero-order valence-corrected chi connectivity index (χ0v) is 15.3.